The average molecular weight is 511 g/mol. The summed E-state index contributed by atoms with van der Waals surface area (Å²) in [4.78, 5) is 29.7. The van der Waals surface area contributed by atoms with Crippen molar-refractivity contribution < 1.29 is 31.5 Å². The van der Waals surface area contributed by atoms with Gasteiger partial charge in [-0.3, -0.25) is 14.0 Å². The molecule has 1 saturated heterocycles. The smallest absolute Gasteiger partial charge is 0.352 e. The number of carbonyl (C=O) groups is 2. The predicted octanol–water partition coefficient (Wildman–Crippen LogP) is 4.34. The monoisotopic (exact) mass is 511 g/mol. The Morgan fingerprint density at radius 2 is 1.97 bits per heavy atom. The molecule has 3 heterocycles. The Morgan fingerprint density at radius 1 is 1.25 bits per heavy atom. The number of likely N-dealkylation sites (tertiary alicyclic amines) is 1. The molecule has 2 aromatic rings. The second kappa shape index (κ2) is 10.0. The molecular weight excluding hydrogens is 485 g/mol. The van der Waals surface area contributed by atoms with E-state index >= 15 is 0 Å². The van der Waals surface area contributed by atoms with Gasteiger partial charge in [0.05, 0.1) is 5.69 Å². The van der Waals surface area contributed by atoms with Crippen molar-refractivity contribution in [1.82, 2.24) is 19.6 Å². The van der Waals surface area contributed by atoms with Gasteiger partial charge in [0.1, 0.15) is 17.4 Å². The van der Waals surface area contributed by atoms with Crippen LogP contribution in [0.5, 0.6) is 0 Å². The van der Waals surface area contributed by atoms with Crippen LogP contribution in [0.4, 0.5) is 22.0 Å². The molecule has 0 spiro atoms. The Bertz CT molecular complexity index is 1190. The largest absolute Gasteiger partial charge is 0.435 e. The highest BCUT2D eigenvalue weighted by Crippen LogP contribution is 2.40. The molecule has 12 heteroatoms. The van der Waals surface area contributed by atoms with E-state index in [4.69, 9.17) is 0 Å². The first-order chi connectivity index (χ1) is 17.0. The zero-order chi connectivity index (χ0) is 26.1. The van der Waals surface area contributed by atoms with E-state index in [1.807, 2.05) is 6.07 Å². The molecule has 36 heavy (non-hydrogen) atoms. The van der Waals surface area contributed by atoms with Crippen LogP contribution < -0.4 is 5.32 Å². The second-order valence-corrected chi connectivity index (χ2v) is 9.44. The molecule has 1 aliphatic carbocycles. The van der Waals surface area contributed by atoms with Crippen molar-refractivity contribution in [1.29, 1.82) is 5.26 Å². The van der Waals surface area contributed by atoms with Gasteiger partial charge in [-0.1, -0.05) is 0 Å². The molecule has 4 rings (SSSR count). The Kier molecular flexibility index (Phi) is 7.20. The summed E-state index contributed by atoms with van der Waals surface area (Å²) in [5.74, 6) is -3.72. The van der Waals surface area contributed by atoms with Gasteiger partial charge in [0.2, 0.25) is 11.8 Å². The maximum Gasteiger partial charge on any atom is 0.435 e. The van der Waals surface area contributed by atoms with E-state index in [-0.39, 0.29) is 54.3 Å². The highest BCUT2D eigenvalue weighted by atomic mass is 19.4. The Balaban J connectivity index is 1.55. The third-order valence-electron chi connectivity index (χ3n) is 6.84. The number of fused-ring (bicyclic) bond motifs is 1. The molecule has 2 amide bonds. The molecule has 0 unspecified atom stereocenters. The zero-order valence-corrected chi connectivity index (χ0v) is 19.5. The molecular formula is C24H26F5N5O2. The molecule has 7 nitrogen and oxygen atoms in total. The fourth-order valence-corrected chi connectivity index (χ4v) is 4.95. The molecule has 1 N–H and O–H groups in total. The van der Waals surface area contributed by atoms with E-state index in [0.717, 1.165) is 10.8 Å². The first kappa shape index (κ1) is 25.9. The molecule has 1 saturated carbocycles. The van der Waals surface area contributed by atoms with E-state index in [1.165, 1.54) is 12.1 Å². The highest BCUT2D eigenvalue weighted by Gasteiger charge is 2.41. The maximum atomic E-state index is 13.8. The van der Waals surface area contributed by atoms with Crippen LogP contribution in [0.3, 0.4) is 0 Å². The first-order valence-electron chi connectivity index (χ1n) is 11.9. The number of pyridine rings is 1. The Hall–Kier alpha value is -3.23. The number of nitriles is 1. The third-order valence-corrected chi connectivity index (χ3v) is 6.84. The molecule has 2 aromatic heterocycles. The molecule has 1 aliphatic heterocycles. The summed E-state index contributed by atoms with van der Waals surface area (Å²) in [5.41, 5.74) is -1.85. The number of halogens is 5. The van der Waals surface area contributed by atoms with Crippen LogP contribution in [0.25, 0.3) is 5.65 Å². The second-order valence-electron chi connectivity index (χ2n) is 9.44. The number of carbonyl (C=O) groups excluding carboxylic acids is 2. The van der Waals surface area contributed by atoms with Gasteiger partial charge in [-0.15, -0.1) is 0 Å². The summed E-state index contributed by atoms with van der Waals surface area (Å²) >= 11 is 0. The van der Waals surface area contributed by atoms with Gasteiger partial charge >= 0.3 is 6.18 Å². The lowest BCUT2D eigenvalue weighted by atomic mass is 9.83. The van der Waals surface area contributed by atoms with Crippen LogP contribution in [0.2, 0.25) is 0 Å². The van der Waals surface area contributed by atoms with Crippen LogP contribution >= 0.6 is 0 Å². The topological polar surface area (TPSA) is 90.5 Å². The van der Waals surface area contributed by atoms with Gasteiger partial charge in [-0.25, -0.2) is 13.8 Å². The molecule has 0 aromatic carbocycles. The summed E-state index contributed by atoms with van der Waals surface area (Å²) in [6.07, 6.45) is -3.77. The quantitative estimate of drug-likeness (QED) is 0.443. The Morgan fingerprint density at radius 3 is 2.58 bits per heavy atom. The van der Waals surface area contributed by atoms with Crippen molar-refractivity contribution >= 4 is 17.5 Å². The van der Waals surface area contributed by atoms with Gasteiger partial charge in [-0.05, 0) is 50.2 Å². The summed E-state index contributed by atoms with van der Waals surface area (Å²) in [6, 6.07) is 4.23. The van der Waals surface area contributed by atoms with Crippen LogP contribution in [0.1, 0.15) is 72.4 Å². The van der Waals surface area contributed by atoms with Crippen molar-refractivity contribution in [2.24, 2.45) is 5.92 Å². The van der Waals surface area contributed by atoms with Crippen LogP contribution in [-0.2, 0) is 17.4 Å². The zero-order valence-electron chi connectivity index (χ0n) is 19.5. The normalized spacial score (nSPS) is 18.6. The number of amides is 2. The molecule has 0 atom stereocenters. The highest BCUT2D eigenvalue weighted by molar-refractivity contribution is 5.95. The third kappa shape index (κ3) is 5.60. The van der Waals surface area contributed by atoms with Gasteiger partial charge in [0.25, 0.3) is 5.91 Å². The summed E-state index contributed by atoms with van der Waals surface area (Å²) < 4.78 is 69.6. The standard InChI is InChI=1S/C24H26F5N5O2/c25-23(26)6-4-15(5-7-23)11-18-21(24(27,28)29)32-19-13-16(12-17(14-30)34(18)19)22(36)31-8-2-10-33-9-1-3-20(33)35/h12-13,15H,1-11H2,(H,31,36). The van der Waals surface area contributed by atoms with E-state index in [9.17, 15) is 36.8 Å². The first-order valence-corrected chi connectivity index (χ1v) is 11.9. The van der Waals surface area contributed by atoms with E-state index < -0.39 is 42.5 Å². The summed E-state index contributed by atoms with van der Waals surface area (Å²) in [6.45, 7) is 1.42. The SMILES string of the molecule is N#Cc1cc(C(=O)NCCCN2CCCC2=O)cc2nc(C(F)(F)F)c(CC3CCC(F)(F)CC3)n12. The predicted molar refractivity (Wildman–Crippen MR) is 118 cm³/mol. The minimum atomic E-state index is -4.82. The number of hydrogen-bond donors (Lipinski definition) is 1. The van der Waals surface area contributed by atoms with E-state index in [0.29, 0.717) is 25.9 Å². The summed E-state index contributed by atoms with van der Waals surface area (Å²) in [5, 5.41) is 12.3. The van der Waals surface area contributed by atoms with Crippen molar-refractivity contribution in [3.63, 3.8) is 0 Å². The molecule has 194 valence electrons. The number of imidazole rings is 1. The summed E-state index contributed by atoms with van der Waals surface area (Å²) in [7, 11) is 0. The maximum absolute atomic E-state index is 13.8. The van der Waals surface area contributed by atoms with Gasteiger partial charge in [-0.2, -0.15) is 18.4 Å². The van der Waals surface area contributed by atoms with Gasteiger partial charge in [0, 0.05) is 44.5 Å². The number of nitrogens with zero attached hydrogens (tertiary/aromatic N) is 4. The average Bonchev–Trinajstić information content (AvgIpc) is 3.40. The molecule has 0 radical (unpaired) electrons. The van der Waals surface area contributed by atoms with E-state index in [1.54, 1.807) is 4.90 Å². The fraction of sp³-hybridized carbons (Fsp3) is 0.583. The number of hydrogen-bond acceptors (Lipinski definition) is 4. The van der Waals surface area contributed by atoms with E-state index in [2.05, 4.69) is 10.3 Å². The van der Waals surface area contributed by atoms with Gasteiger partial charge in [0.15, 0.2) is 5.69 Å². The van der Waals surface area contributed by atoms with Crippen LogP contribution in [0.15, 0.2) is 12.1 Å². The lowest BCUT2D eigenvalue weighted by Crippen LogP contribution is -2.30. The number of rotatable bonds is 7. The van der Waals surface area contributed by atoms with Crippen LogP contribution in [-0.4, -0.2) is 51.7 Å². The number of aromatic nitrogens is 2. The number of alkyl halides is 5. The van der Waals surface area contributed by atoms with Crippen molar-refractivity contribution in [3.05, 3.63) is 34.8 Å². The van der Waals surface area contributed by atoms with Gasteiger partial charge < -0.3 is 10.2 Å². The Labute approximate surface area is 204 Å². The van der Waals surface area contributed by atoms with Crippen molar-refractivity contribution in [3.8, 4) is 6.07 Å². The fourth-order valence-electron chi connectivity index (χ4n) is 4.95. The van der Waals surface area contributed by atoms with Crippen molar-refractivity contribution in [2.45, 2.75) is 63.5 Å². The minimum Gasteiger partial charge on any atom is -0.352 e. The van der Waals surface area contributed by atoms with Crippen molar-refractivity contribution in [2.75, 3.05) is 19.6 Å². The lowest BCUT2D eigenvalue weighted by Gasteiger charge is -2.28. The molecule has 2 fully saturated rings. The molecule has 0 bridgehead atoms. The molecule has 2 aliphatic rings. The lowest BCUT2D eigenvalue weighted by molar-refractivity contribution is -0.141. The number of nitrogens with one attached hydrogen (secondary N) is 1. The van der Waals surface area contributed by atoms with Crippen LogP contribution in [0, 0.1) is 17.2 Å². The minimum absolute atomic E-state index is 0.0149.